The molecule has 1 heterocycles. The van der Waals surface area contributed by atoms with Crippen LogP contribution in [0.5, 0.6) is 0 Å². The van der Waals surface area contributed by atoms with E-state index in [0.717, 1.165) is 41.2 Å². The maximum atomic E-state index is 5.32. The summed E-state index contributed by atoms with van der Waals surface area (Å²) in [6.45, 7) is 13.9. The lowest BCUT2D eigenvalue weighted by Crippen LogP contribution is -2.20. The molecule has 188 valence electrons. The number of nitrogens with zero attached hydrogens (tertiary/aromatic N) is 2. The molecule has 2 nitrogen and oxygen atoms in total. The Kier molecular flexibility index (Phi) is 6.62. The van der Waals surface area contributed by atoms with Gasteiger partial charge in [-0.25, -0.2) is 9.97 Å². The van der Waals surface area contributed by atoms with Crippen molar-refractivity contribution in [3.63, 3.8) is 0 Å². The fraction of sp³-hybridized carbons (Fsp3) is 0.314. The summed E-state index contributed by atoms with van der Waals surface area (Å²) in [5.41, 5.74) is 4.67. The van der Waals surface area contributed by atoms with Crippen LogP contribution in [0.25, 0.3) is 44.1 Å². The van der Waals surface area contributed by atoms with Gasteiger partial charge < -0.3 is 0 Å². The quantitative estimate of drug-likeness (QED) is 0.247. The van der Waals surface area contributed by atoms with Crippen molar-refractivity contribution < 1.29 is 0 Å². The third-order valence-electron chi connectivity index (χ3n) is 6.96. The summed E-state index contributed by atoms with van der Waals surface area (Å²) in [6.07, 6.45) is 2.08. The van der Waals surface area contributed by atoms with Gasteiger partial charge in [0.05, 0.1) is 11.4 Å². The molecule has 1 aromatic heterocycles. The zero-order valence-electron chi connectivity index (χ0n) is 23.0. The lowest BCUT2D eigenvalue weighted by Gasteiger charge is -2.30. The first-order chi connectivity index (χ1) is 17.6. The summed E-state index contributed by atoms with van der Waals surface area (Å²) in [5.74, 6) is 1.22. The first-order valence-electron chi connectivity index (χ1n) is 13.4. The Balaban J connectivity index is 1.77. The Hall–Kier alpha value is -3.52. The van der Waals surface area contributed by atoms with E-state index >= 15 is 0 Å². The van der Waals surface area contributed by atoms with Gasteiger partial charge in [0.2, 0.25) is 0 Å². The van der Waals surface area contributed by atoms with Gasteiger partial charge in [-0.3, -0.25) is 0 Å². The Morgan fingerprint density at radius 1 is 0.541 bits per heavy atom. The number of hydrogen-bond acceptors (Lipinski definition) is 2. The monoisotopic (exact) mass is 486 g/mol. The van der Waals surface area contributed by atoms with Gasteiger partial charge in [0.25, 0.3) is 0 Å². The van der Waals surface area contributed by atoms with E-state index in [1.165, 1.54) is 21.5 Å². The fourth-order valence-corrected chi connectivity index (χ4v) is 5.56. The van der Waals surface area contributed by atoms with Crippen molar-refractivity contribution in [2.75, 3.05) is 0 Å². The number of aromatic nitrogens is 2. The highest BCUT2D eigenvalue weighted by Gasteiger charge is 2.28. The molecule has 4 aromatic carbocycles. The zero-order valence-corrected chi connectivity index (χ0v) is 23.0. The molecular weight excluding hydrogens is 448 g/mol. The van der Waals surface area contributed by atoms with E-state index in [2.05, 4.69) is 133 Å². The second-order valence-corrected chi connectivity index (χ2v) is 12.8. The first-order valence-corrected chi connectivity index (χ1v) is 13.4. The zero-order chi connectivity index (χ0) is 26.2. The molecule has 37 heavy (non-hydrogen) atoms. The molecule has 0 spiro atoms. The van der Waals surface area contributed by atoms with Crippen LogP contribution in [0.3, 0.4) is 0 Å². The third-order valence-corrected chi connectivity index (χ3v) is 6.96. The highest BCUT2D eigenvalue weighted by atomic mass is 14.9. The average Bonchev–Trinajstić information content (AvgIpc) is 2.85. The smallest absolute Gasteiger partial charge is 0.132 e. The summed E-state index contributed by atoms with van der Waals surface area (Å²) in [6, 6.07) is 32.4. The Morgan fingerprint density at radius 2 is 0.946 bits per heavy atom. The molecule has 2 heteroatoms. The van der Waals surface area contributed by atoms with E-state index in [1.807, 2.05) is 0 Å². The summed E-state index contributed by atoms with van der Waals surface area (Å²) < 4.78 is 0. The normalized spacial score (nSPS) is 12.5. The van der Waals surface area contributed by atoms with Crippen molar-refractivity contribution >= 4 is 21.5 Å². The third kappa shape index (κ3) is 5.74. The molecule has 0 bridgehead atoms. The van der Waals surface area contributed by atoms with Crippen LogP contribution >= 0.6 is 0 Å². The predicted molar refractivity (Wildman–Crippen MR) is 159 cm³/mol. The molecule has 0 atom stereocenters. The average molecular weight is 487 g/mol. The van der Waals surface area contributed by atoms with Crippen LogP contribution in [0.2, 0.25) is 0 Å². The van der Waals surface area contributed by atoms with Gasteiger partial charge >= 0.3 is 0 Å². The molecule has 0 fully saturated rings. The van der Waals surface area contributed by atoms with Gasteiger partial charge in [-0.05, 0) is 51.3 Å². The van der Waals surface area contributed by atoms with E-state index < -0.39 is 0 Å². The molecule has 0 radical (unpaired) electrons. The van der Waals surface area contributed by atoms with Crippen LogP contribution < -0.4 is 0 Å². The summed E-state index contributed by atoms with van der Waals surface area (Å²) in [7, 11) is 0. The van der Waals surface area contributed by atoms with Crippen LogP contribution in [-0.2, 0) is 0 Å². The predicted octanol–water partition coefficient (Wildman–Crippen LogP) is 10.1. The SMILES string of the molecule is CC(C)(C)CC(CC(C)(C)C)c1nc(-c2cccc3ccccc23)cc(-c2cccc3ccccc23)n1. The highest BCUT2D eigenvalue weighted by molar-refractivity contribution is 5.98. The van der Waals surface area contributed by atoms with Crippen LogP contribution in [0.1, 0.15) is 66.1 Å². The van der Waals surface area contributed by atoms with Crippen LogP contribution in [0, 0.1) is 10.8 Å². The second-order valence-electron chi connectivity index (χ2n) is 12.8. The molecule has 0 aliphatic carbocycles. The van der Waals surface area contributed by atoms with Gasteiger partial charge in [-0.2, -0.15) is 0 Å². The van der Waals surface area contributed by atoms with Crippen molar-refractivity contribution in [1.29, 1.82) is 0 Å². The maximum Gasteiger partial charge on any atom is 0.132 e. The van der Waals surface area contributed by atoms with E-state index in [1.54, 1.807) is 0 Å². The standard InChI is InChI=1S/C35H38N2/c1-34(2,3)22-26(23-35(4,5)6)33-36-31(29-19-11-15-24-13-7-9-17-27(24)29)21-32(37-33)30-20-12-16-25-14-8-10-18-28(25)30/h7-21,26H,22-23H2,1-6H3. The molecule has 5 rings (SSSR count). The molecule has 0 saturated carbocycles. The Labute approximate surface area is 221 Å². The minimum absolute atomic E-state index is 0.175. The van der Waals surface area contributed by atoms with Gasteiger partial charge in [0.15, 0.2) is 0 Å². The van der Waals surface area contributed by atoms with Crippen molar-refractivity contribution in [1.82, 2.24) is 9.97 Å². The minimum atomic E-state index is 0.175. The topological polar surface area (TPSA) is 25.8 Å². The van der Waals surface area contributed by atoms with Crippen molar-refractivity contribution in [3.8, 4) is 22.5 Å². The molecular formula is C35H38N2. The van der Waals surface area contributed by atoms with Crippen LogP contribution in [-0.4, -0.2) is 9.97 Å². The number of benzene rings is 4. The van der Waals surface area contributed by atoms with Gasteiger partial charge in [0, 0.05) is 17.0 Å². The van der Waals surface area contributed by atoms with Gasteiger partial charge in [0.1, 0.15) is 5.82 Å². The largest absolute Gasteiger partial charge is 0.233 e. The lowest BCUT2D eigenvalue weighted by atomic mass is 9.76. The van der Waals surface area contributed by atoms with Crippen molar-refractivity contribution in [3.05, 3.63) is 96.8 Å². The Morgan fingerprint density at radius 3 is 1.38 bits per heavy atom. The molecule has 0 aliphatic heterocycles. The summed E-state index contributed by atoms with van der Waals surface area (Å²) in [4.78, 5) is 10.6. The van der Waals surface area contributed by atoms with E-state index in [0.29, 0.717) is 0 Å². The summed E-state index contributed by atoms with van der Waals surface area (Å²) in [5, 5.41) is 4.91. The van der Waals surface area contributed by atoms with E-state index in [4.69, 9.17) is 9.97 Å². The molecule has 0 amide bonds. The maximum absolute atomic E-state index is 5.32. The minimum Gasteiger partial charge on any atom is -0.233 e. The first kappa shape index (κ1) is 25.1. The van der Waals surface area contributed by atoms with Gasteiger partial charge in [-0.15, -0.1) is 0 Å². The Bertz CT molecular complexity index is 1430. The van der Waals surface area contributed by atoms with Gasteiger partial charge in [-0.1, -0.05) is 126 Å². The van der Waals surface area contributed by atoms with E-state index in [9.17, 15) is 0 Å². The lowest BCUT2D eigenvalue weighted by molar-refractivity contribution is 0.262. The molecule has 0 saturated heterocycles. The number of rotatable bonds is 5. The van der Waals surface area contributed by atoms with E-state index in [-0.39, 0.29) is 16.7 Å². The highest BCUT2D eigenvalue weighted by Crippen LogP contribution is 2.40. The molecule has 0 N–H and O–H groups in total. The molecule has 0 unspecified atom stereocenters. The fourth-order valence-electron chi connectivity index (χ4n) is 5.56. The van der Waals surface area contributed by atoms with Crippen molar-refractivity contribution in [2.24, 2.45) is 10.8 Å². The van der Waals surface area contributed by atoms with Crippen LogP contribution in [0.15, 0.2) is 91.0 Å². The van der Waals surface area contributed by atoms with Crippen LogP contribution in [0.4, 0.5) is 0 Å². The second kappa shape index (κ2) is 9.74. The number of fused-ring (bicyclic) bond motifs is 2. The summed E-state index contributed by atoms with van der Waals surface area (Å²) >= 11 is 0. The molecule has 5 aromatic rings. The molecule has 0 aliphatic rings. The number of hydrogen-bond donors (Lipinski definition) is 0. The van der Waals surface area contributed by atoms with Crippen molar-refractivity contribution in [2.45, 2.75) is 60.3 Å².